The number of carbonyl (C=O) groups excluding carboxylic acids is 1. The van der Waals surface area contributed by atoms with E-state index in [0.717, 1.165) is 31.5 Å². The van der Waals surface area contributed by atoms with Crippen molar-refractivity contribution in [2.45, 2.75) is 31.8 Å². The van der Waals surface area contributed by atoms with Crippen LogP contribution in [-0.2, 0) is 0 Å². The van der Waals surface area contributed by atoms with E-state index >= 15 is 0 Å². The maximum atomic E-state index is 12.7. The number of methoxy groups -OCH3 is 1. The molecule has 2 atom stereocenters. The van der Waals surface area contributed by atoms with Gasteiger partial charge in [-0.25, -0.2) is 4.79 Å². The van der Waals surface area contributed by atoms with Gasteiger partial charge in [0, 0.05) is 18.7 Å². The second-order valence-corrected chi connectivity index (χ2v) is 8.75. The van der Waals surface area contributed by atoms with Crippen LogP contribution in [0.15, 0.2) is 42.5 Å². The topological polar surface area (TPSA) is 117 Å². The molecule has 2 unspecified atom stereocenters. The summed E-state index contributed by atoms with van der Waals surface area (Å²) in [5.41, 5.74) is 7.45. The van der Waals surface area contributed by atoms with Crippen LogP contribution in [0.25, 0.3) is 0 Å². The molecule has 1 aliphatic rings. The molecule has 1 aliphatic heterocycles. The molecule has 0 aliphatic carbocycles. The van der Waals surface area contributed by atoms with Gasteiger partial charge in [0.15, 0.2) is 0 Å². The lowest BCUT2D eigenvalue weighted by molar-refractivity contribution is 0.0909. The number of nitrogens with two attached hydrogens (primary N) is 1. The molecule has 5 N–H and O–H groups in total. The summed E-state index contributed by atoms with van der Waals surface area (Å²) in [6.45, 7) is 4.24. The van der Waals surface area contributed by atoms with Crippen LogP contribution in [0.4, 0.5) is 10.5 Å². The highest BCUT2D eigenvalue weighted by Gasteiger charge is 2.30. The third kappa shape index (κ3) is 6.30. The van der Waals surface area contributed by atoms with Crippen molar-refractivity contribution in [2.24, 2.45) is 5.92 Å². The molecule has 9 heteroatoms. The fraction of sp³-hybridized carbons (Fsp3) is 0.417. The van der Waals surface area contributed by atoms with Crippen LogP contribution >= 0.6 is 11.6 Å². The predicted molar refractivity (Wildman–Crippen MR) is 129 cm³/mol. The standard InChI is InChI=1S/C24H31ClN4O4/c1-15(22(28-24(31)32)17-6-4-3-5-7-17)29-10-8-16(9-11-29)14-27-23(30)18-12-19(25)20(26)13-21(18)33-2/h3-7,12-13,15-16,22,28H,8-11,14,26H2,1-2H3,(H,27,30)(H,31,32). The zero-order valence-electron chi connectivity index (χ0n) is 18.9. The van der Waals surface area contributed by atoms with Crippen molar-refractivity contribution in [3.05, 3.63) is 58.6 Å². The van der Waals surface area contributed by atoms with Crippen molar-refractivity contribution in [1.29, 1.82) is 0 Å². The van der Waals surface area contributed by atoms with Crippen molar-refractivity contribution >= 4 is 29.3 Å². The number of halogens is 1. The Bertz CT molecular complexity index is 964. The van der Waals surface area contributed by atoms with Gasteiger partial charge in [-0.2, -0.15) is 0 Å². The third-order valence-corrected chi connectivity index (χ3v) is 6.59. The lowest BCUT2D eigenvalue weighted by Gasteiger charge is -2.39. The van der Waals surface area contributed by atoms with Gasteiger partial charge in [-0.1, -0.05) is 41.9 Å². The van der Waals surface area contributed by atoms with E-state index in [1.54, 1.807) is 6.07 Å². The number of hydrogen-bond acceptors (Lipinski definition) is 5. The molecular formula is C24H31ClN4O4. The molecule has 33 heavy (non-hydrogen) atoms. The number of nitrogens with zero attached hydrogens (tertiary/aromatic N) is 1. The average molecular weight is 475 g/mol. The van der Waals surface area contributed by atoms with Gasteiger partial charge in [-0.15, -0.1) is 0 Å². The summed E-state index contributed by atoms with van der Waals surface area (Å²) in [6.07, 6.45) is 0.768. The van der Waals surface area contributed by atoms with E-state index in [4.69, 9.17) is 22.1 Å². The first kappa shape index (κ1) is 24.7. The summed E-state index contributed by atoms with van der Waals surface area (Å²) in [6, 6.07) is 12.4. The number of carbonyl (C=O) groups is 2. The van der Waals surface area contributed by atoms with Crippen molar-refractivity contribution in [3.63, 3.8) is 0 Å². The van der Waals surface area contributed by atoms with Gasteiger partial charge in [0.2, 0.25) is 0 Å². The van der Waals surface area contributed by atoms with E-state index in [0.29, 0.717) is 34.5 Å². The zero-order chi connectivity index (χ0) is 24.0. The van der Waals surface area contributed by atoms with E-state index in [2.05, 4.69) is 15.5 Å². The first-order chi connectivity index (χ1) is 15.8. The van der Waals surface area contributed by atoms with E-state index in [9.17, 15) is 14.7 Å². The Balaban J connectivity index is 1.56. The van der Waals surface area contributed by atoms with Crippen LogP contribution in [-0.4, -0.2) is 54.8 Å². The quantitative estimate of drug-likeness (QED) is 0.433. The monoisotopic (exact) mass is 474 g/mol. The Labute approximate surface area is 199 Å². The van der Waals surface area contributed by atoms with Crippen molar-refractivity contribution in [3.8, 4) is 5.75 Å². The normalized spacial score (nSPS) is 16.6. The van der Waals surface area contributed by atoms with Crippen LogP contribution in [0.2, 0.25) is 5.02 Å². The fourth-order valence-electron chi connectivity index (χ4n) is 4.30. The van der Waals surface area contributed by atoms with E-state index in [-0.39, 0.29) is 18.0 Å². The second-order valence-electron chi connectivity index (χ2n) is 8.34. The molecule has 2 amide bonds. The number of nitrogens with one attached hydrogen (secondary N) is 2. The number of ether oxygens (including phenoxy) is 1. The van der Waals surface area contributed by atoms with Crippen LogP contribution in [0.5, 0.6) is 5.75 Å². The average Bonchev–Trinajstić information content (AvgIpc) is 2.82. The minimum Gasteiger partial charge on any atom is -0.496 e. The van der Waals surface area contributed by atoms with Gasteiger partial charge in [0.1, 0.15) is 5.75 Å². The van der Waals surface area contributed by atoms with Gasteiger partial charge < -0.3 is 26.2 Å². The number of likely N-dealkylation sites (tertiary alicyclic amines) is 1. The fourth-order valence-corrected chi connectivity index (χ4v) is 4.46. The van der Waals surface area contributed by atoms with Crippen molar-refractivity contribution in [1.82, 2.24) is 15.5 Å². The molecule has 178 valence electrons. The van der Waals surface area contributed by atoms with Crippen LogP contribution < -0.4 is 21.1 Å². The Morgan fingerprint density at radius 2 is 1.91 bits per heavy atom. The summed E-state index contributed by atoms with van der Waals surface area (Å²) in [5.74, 6) is 0.463. The summed E-state index contributed by atoms with van der Waals surface area (Å²) < 4.78 is 5.27. The number of hydrogen-bond donors (Lipinski definition) is 4. The van der Waals surface area contributed by atoms with E-state index in [1.807, 2.05) is 37.3 Å². The molecule has 1 fully saturated rings. The molecule has 0 radical (unpaired) electrons. The molecular weight excluding hydrogens is 444 g/mol. The number of piperidine rings is 1. The number of carboxylic acid groups (broad SMARTS) is 1. The highest BCUT2D eigenvalue weighted by atomic mass is 35.5. The summed E-state index contributed by atoms with van der Waals surface area (Å²) in [4.78, 5) is 26.4. The first-order valence-electron chi connectivity index (χ1n) is 11.0. The van der Waals surface area contributed by atoms with Crippen LogP contribution in [0.3, 0.4) is 0 Å². The Morgan fingerprint density at radius 3 is 2.52 bits per heavy atom. The minimum absolute atomic E-state index is 0.000205. The maximum absolute atomic E-state index is 12.7. The molecule has 3 rings (SSSR count). The third-order valence-electron chi connectivity index (χ3n) is 6.26. The largest absolute Gasteiger partial charge is 0.496 e. The molecule has 2 aromatic carbocycles. The number of rotatable bonds is 8. The van der Waals surface area contributed by atoms with Gasteiger partial charge >= 0.3 is 6.09 Å². The lowest BCUT2D eigenvalue weighted by Crippen LogP contribution is -2.48. The van der Waals surface area contributed by atoms with Gasteiger partial charge in [-0.3, -0.25) is 9.69 Å². The SMILES string of the molecule is COc1cc(N)c(Cl)cc1C(=O)NCC1CCN(C(C)C(NC(=O)O)c2ccccc2)CC1. The second kappa shape index (κ2) is 11.2. The Hall–Kier alpha value is -2.97. The van der Waals surface area contributed by atoms with Crippen molar-refractivity contribution < 1.29 is 19.4 Å². The molecule has 8 nitrogen and oxygen atoms in total. The molecule has 1 saturated heterocycles. The first-order valence-corrected chi connectivity index (χ1v) is 11.4. The molecule has 2 aromatic rings. The van der Waals surface area contributed by atoms with Gasteiger partial charge in [0.05, 0.1) is 29.4 Å². The Morgan fingerprint density at radius 1 is 1.24 bits per heavy atom. The smallest absolute Gasteiger partial charge is 0.405 e. The molecule has 1 heterocycles. The number of anilines is 1. The highest BCUT2D eigenvalue weighted by Crippen LogP contribution is 2.29. The van der Waals surface area contributed by atoms with Crippen LogP contribution in [0.1, 0.15) is 41.7 Å². The molecule has 0 bridgehead atoms. The highest BCUT2D eigenvalue weighted by molar-refractivity contribution is 6.33. The minimum atomic E-state index is -1.04. The number of benzene rings is 2. The van der Waals surface area contributed by atoms with Gasteiger partial charge in [0.25, 0.3) is 5.91 Å². The summed E-state index contributed by atoms with van der Waals surface area (Å²) in [7, 11) is 1.48. The van der Waals surface area contributed by atoms with E-state index in [1.165, 1.54) is 13.2 Å². The van der Waals surface area contributed by atoms with E-state index < -0.39 is 6.09 Å². The molecule has 0 saturated carbocycles. The lowest BCUT2D eigenvalue weighted by atomic mass is 9.92. The molecule has 0 aromatic heterocycles. The summed E-state index contributed by atoms with van der Waals surface area (Å²) >= 11 is 6.07. The number of nitrogen functional groups attached to an aromatic ring is 1. The van der Waals surface area contributed by atoms with Crippen molar-refractivity contribution in [2.75, 3.05) is 32.5 Å². The zero-order valence-corrected chi connectivity index (χ0v) is 19.6. The van der Waals surface area contributed by atoms with Gasteiger partial charge in [-0.05, 0) is 50.4 Å². The summed E-state index contributed by atoms with van der Waals surface area (Å²) in [5, 5.41) is 15.3. The maximum Gasteiger partial charge on any atom is 0.405 e. The number of amides is 2. The van der Waals surface area contributed by atoms with Crippen LogP contribution in [0, 0.1) is 5.92 Å². The predicted octanol–water partition coefficient (Wildman–Crippen LogP) is 3.77. The Kier molecular flexibility index (Phi) is 8.41. The molecule has 0 spiro atoms.